The molecule has 0 amide bonds. The first kappa shape index (κ1) is 32.1. The van der Waals surface area contributed by atoms with Gasteiger partial charge in [-0.15, -0.1) is 0 Å². The largest absolute Gasteiger partial charge is 0.456 e. The van der Waals surface area contributed by atoms with E-state index in [1.165, 1.54) is 32.9 Å². The second-order valence-electron chi connectivity index (χ2n) is 14.3. The maximum absolute atomic E-state index is 6.53. The van der Waals surface area contributed by atoms with Crippen LogP contribution in [0.1, 0.15) is 18.7 Å². The highest BCUT2D eigenvalue weighted by atomic mass is 16.3. The summed E-state index contributed by atoms with van der Waals surface area (Å²) in [6.45, 7) is 0. The van der Waals surface area contributed by atoms with Gasteiger partial charge in [0.05, 0.1) is 16.7 Å². The highest BCUT2D eigenvalue weighted by Crippen LogP contribution is 2.41. The maximum atomic E-state index is 6.53. The van der Waals surface area contributed by atoms with Gasteiger partial charge in [-0.1, -0.05) is 146 Å². The fraction of sp³-hybridized carbons (Fsp3) is 0.0392. The van der Waals surface area contributed by atoms with E-state index in [1.807, 2.05) is 42.5 Å². The fourth-order valence-electron chi connectivity index (χ4n) is 8.25. The van der Waals surface area contributed by atoms with E-state index in [-0.39, 0.29) is 0 Å². The molecule has 0 saturated heterocycles. The van der Waals surface area contributed by atoms with Crippen LogP contribution >= 0.6 is 0 Å². The molecule has 0 aliphatic heterocycles. The van der Waals surface area contributed by atoms with Gasteiger partial charge in [0, 0.05) is 43.8 Å². The second-order valence-corrected chi connectivity index (χ2v) is 14.3. The molecule has 264 valence electrons. The van der Waals surface area contributed by atoms with Crippen LogP contribution in [0.5, 0.6) is 0 Å². The highest BCUT2D eigenvalue weighted by molar-refractivity contribution is 6.13. The number of hydrogen-bond donors (Lipinski definition) is 0. The summed E-state index contributed by atoms with van der Waals surface area (Å²) in [7, 11) is 0. The summed E-state index contributed by atoms with van der Waals surface area (Å²) in [5.74, 6) is 1.94. The average Bonchev–Trinajstić information content (AvgIpc) is 3.82. The molecule has 7 aromatic carbocycles. The van der Waals surface area contributed by atoms with E-state index in [2.05, 4.69) is 144 Å². The molecule has 0 fully saturated rings. The molecule has 0 bridgehead atoms. The minimum atomic E-state index is 0.619. The zero-order valence-electron chi connectivity index (χ0n) is 30.4. The summed E-state index contributed by atoms with van der Waals surface area (Å²) in [6.07, 6.45) is 8.50. The lowest BCUT2D eigenvalue weighted by atomic mass is 9.96. The first-order valence-corrected chi connectivity index (χ1v) is 19.1. The van der Waals surface area contributed by atoms with Crippen LogP contribution < -0.4 is 0 Å². The topological polar surface area (TPSA) is 56.7 Å². The van der Waals surface area contributed by atoms with E-state index in [4.69, 9.17) is 19.4 Å². The van der Waals surface area contributed by atoms with Gasteiger partial charge in [-0.2, -0.15) is 0 Å². The van der Waals surface area contributed by atoms with Crippen LogP contribution in [0.15, 0.2) is 186 Å². The van der Waals surface area contributed by atoms with Crippen molar-refractivity contribution in [3.8, 4) is 50.7 Å². The standard InChI is InChI=1S/C51H34N4O/c1-4-15-33(16-5-1)38-29-27-37(32-45(38)55-43-24-12-10-21-39(43)40-22-11-13-25-44(40)55)36-28-30-46-42(31-36)48-41(23-14-26-47(48)56-46)51-53-49(34-17-6-2-7-18-34)52-50(54-51)35-19-8-3-9-20-35/h1-2,4-8,10-32H,3,9H2. The van der Waals surface area contributed by atoms with Crippen molar-refractivity contribution in [2.24, 2.45) is 0 Å². The van der Waals surface area contributed by atoms with E-state index in [9.17, 15) is 0 Å². The molecule has 0 unspecified atom stereocenters. The van der Waals surface area contributed by atoms with Crippen molar-refractivity contribution < 1.29 is 4.42 Å². The predicted octanol–water partition coefficient (Wildman–Crippen LogP) is 13.3. The molecule has 3 aromatic heterocycles. The number of fused-ring (bicyclic) bond motifs is 6. The first-order valence-electron chi connectivity index (χ1n) is 19.1. The lowest BCUT2D eigenvalue weighted by Gasteiger charge is -2.16. The second kappa shape index (κ2) is 13.2. The molecule has 1 aliphatic carbocycles. The Hall–Kier alpha value is -7.37. The number of para-hydroxylation sites is 2. The van der Waals surface area contributed by atoms with Crippen LogP contribution in [-0.2, 0) is 0 Å². The summed E-state index contributed by atoms with van der Waals surface area (Å²) >= 11 is 0. The Morgan fingerprint density at radius 3 is 1.86 bits per heavy atom. The summed E-state index contributed by atoms with van der Waals surface area (Å²) in [5, 5.41) is 4.47. The molecular formula is C51H34N4O. The van der Waals surface area contributed by atoms with Crippen LogP contribution in [0.25, 0.3) is 100 Å². The molecule has 11 rings (SSSR count). The Kier molecular flexibility index (Phi) is 7.56. The molecule has 0 radical (unpaired) electrons. The zero-order valence-corrected chi connectivity index (χ0v) is 30.4. The Balaban J connectivity index is 1.12. The van der Waals surface area contributed by atoms with Crippen LogP contribution in [-0.4, -0.2) is 19.5 Å². The smallest absolute Gasteiger partial charge is 0.164 e. The summed E-state index contributed by atoms with van der Waals surface area (Å²) in [4.78, 5) is 15.2. The summed E-state index contributed by atoms with van der Waals surface area (Å²) < 4.78 is 8.94. The Morgan fingerprint density at radius 2 is 1.11 bits per heavy atom. The number of hydrogen-bond acceptors (Lipinski definition) is 4. The van der Waals surface area contributed by atoms with Gasteiger partial charge in [0.2, 0.25) is 0 Å². The SMILES string of the molecule is C1=CC(c2nc(-c3ccccc3)nc(-c3cccc4oc5ccc(-c6ccc(-c7ccccc7)c(-n7c8ccccc8c8ccccc87)c6)cc5c34)n2)=CCC1. The van der Waals surface area contributed by atoms with Gasteiger partial charge in [-0.3, -0.25) is 0 Å². The third-order valence-corrected chi connectivity index (χ3v) is 10.9. The third-order valence-electron chi connectivity index (χ3n) is 10.9. The number of benzene rings is 7. The van der Waals surface area contributed by atoms with Gasteiger partial charge in [-0.05, 0) is 65.9 Å². The minimum absolute atomic E-state index is 0.619. The Morgan fingerprint density at radius 1 is 0.446 bits per heavy atom. The normalized spacial score (nSPS) is 12.9. The lowest BCUT2D eigenvalue weighted by Crippen LogP contribution is -2.03. The van der Waals surface area contributed by atoms with Crippen LogP contribution in [0.2, 0.25) is 0 Å². The molecule has 3 heterocycles. The molecule has 56 heavy (non-hydrogen) atoms. The molecule has 0 N–H and O–H groups in total. The van der Waals surface area contributed by atoms with E-state index >= 15 is 0 Å². The minimum Gasteiger partial charge on any atom is -0.456 e. The van der Waals surface area contributed by atoms with Gasteiger partial charge in [0.15, 0.2) is 17.5 Å². The number of furan rings is 1. The zero-order chi connectivity index (χ0) is 37.0. The van der Waals surface area contributed by atoms with Crippen LogP contribution in [0.4, 0.5) is 0 Å². The van der Waals surface area contributed by atoms with Crippen molar-refractivity contribution in [2.45, 2.75) is 12.8 Å². The molecule has 5 nitrogen and oxygen atoms in total. The monoisotopic (exact) mass is 718 g/mol. The number of aromatic nitrogens is 4. The van der Waals surface area contributed by atoms with Crippen LogP contribution in [0.3, 0.4) is 0 Å². The molecule has 0 spiro atoms. The first-order chi connectivity index (χ1) is 27.8. The number of rotatable bonds is 6. The quantitative estimate of drug-likeness (QED) is 0.172. The van der Waals surface area contributed by atoms with Gasteiger partial charge >= 0.3 is 0 Å². The van der Waals surface area contributed by atoms with Crippen molar-refractivity contribution in [1.82, 2.24) is 19.5 Å². The van der Waals surface area contributed by atoms with Gasteiger partial charge < -0.3 is 8.98 Å². The van der Waals surface area contributed by atoms with E-state index < -0.39 is 0 Å². The lowest BCUT2D eigenvalue weighted by molar-refractivity contribution is 0.669. The molecule has 0 saturated carbocycles. The molecule has 1 aliphatic rings. The molecule has 5 heteroatoms. The summed E-state index contributed by atoms with van der Waals surface area (Å²) in [5.41, 5.74) is 12.5. The Bertz CT molecular complexity index is 3140. The van der Waals surface area contributed by atoms with Crippen molar-refractivity contribution in [1.29, 1.82) is 0 Å². The van der Waals surface area contributed by atoms with Gasteiger partial charge in [-0.25, -0.2) is 15.0 Å². The third kappa shape index (κ3) is 5.36. The fourth-order valence-corrected chi connectivity index (χ4v) is 8.25. The van der Waals surface area contributed by atoms with Crippen molar-refractivity contribution in [3.05, 3.63) is 188 Å². The molecule has 0 atom stereocenters. The van der Waals surface area contributed by atoms with E-state index in [0.29, 0.717) is 17.5 Å². The Labute approximate surface area is 323 Å². The summed E-state index contributed by atoms with van der Waals surface area (Å²) in [6, 6.07) is 57.7. The van der Waals surface area contributed by atoms with Gasteiger partial charge in [0.1, 0.15) is 11.2 Å². The number of nitrogens with zero attached hydrogens (tertiary/aromatic N) is 4. The average molecular weight is 719 g/mol. The van der Waals surface area contributed by atoms with Crippen molar-refractivity contribution in [3.63, 3.8) is 0 Å². The van der Waals surface area contributed by atoms with Crippen molar-refractivity contribution in [2.75, 3.05) is 0 Å². The molecular weight excluding hydrogens is 685 g/mol. The van der Waals surface area contributed by atoms with Crippen molar-refractivity contribution >= 4 is 49.3 Å². The van der Waals surface area contributed by atoms with Gasteiger partial charge in [0.25, 0.3) is 0 Å². The number of allylic oxidation sites excluding steroid dienone is 4. The van der Waals surface area contributed by atoms with Crippen LogP contribution in [0, 0.1) is 0 Å². The maximum Gasteiger partial charge on any atom is 0.164 e. The molecule has 10 aromatic rings. The van der Waals surface area contributed by atoms with E-state index in [0.717, 1.165) is 68.3 Å². The van der Waals surface area contributed by atoms with E-state index in [1.54, 1.807) is 0 Å². The highest BCUT2D eigenvalue weighted by Gasteiger charge is 2.20. The predicted molar refractivity (Wildman–Crippen MR) is 230 cm³/mol.